The van der Waals surface area contributed by atoms with Crippen LogP contribution in [0.3, 0.4) is 0 Å². The summed E-state index contributed by atoms with van der Waals surface area (Å²) < 4.78 is 7.21. The van der Waals surface area contributed by atoms with Gasteiger partial charge in [-0.15, -0.1) is 0 Å². The monoisotopic (exact) mass is 446 g/mol. The third kappa shape index (κ3) is 3.89. The van der Waals surface area contributed by atoms with Gasteiger partial charge >= 0.3 is 0 Å². The number of fused-ring (bicyclic) bond motifs is 1. The second-order valence-electron chi connectivity index (χ2n) is 7.77. The molecule has 1 amide bonds. The normalized spacial score (nSPS) is 14.1. The molecule has 0 aliphatic carbocycles. The number of ether oxygens (including phenoxy) is 1. The molecule has 3 aromatic carbocycles. The Kier molecular flexibility index (Phi) is 5.45. The molecule has 1 aliphatic rings. The van der Waals surface area contributed by atoms with E-state index in [1.807, 2.05) is 64.1 Å². The van der Waals surface area contributed by atoms with Gasteiger partial charge in [-0.25, -0.2) is 4.98 Å². The van der Waals surface area contributed by atoms with E-state index in [2.05, 4.69) is 22.0 Å². The first kappa shape index (κ1) is 20.4. The maximum Gasteiger partial charge on any atom is 0.254 e. The molecule has 0 atom stereocenters. The minimum Gasteiger partial charge on any atom is -0.497 e. The molecule has 162 valence electrons. The van der Waals surface area contributed by atoms with Crippen molar-refractivity contribution in [3.8, 4) is 11.4 Å². The van der Waals surface area contributed by atoms with Gasteiger partial charge in [0.15, 0.2) is 0 Å². The molecule has 5 rings (SSSR count). The number of anilines is 1. The zero-order chi connectivity index (χ0) is 22.1. The smallest absolute Gasteiger partial charge is 0.254 e. The van der Waals surface area contributed by atoms with Crippen LogP contribution in [-0.4, -0.2) is 53.6 Å². The van der Waals surface area contributed by atoms with Gasteiger partial charge in [0.05, 0.1) is 18.1 Å². The zero-order valence-electron chi connectivity index (χ0n) is 17.7. The number of hydrogen-bond donors (Lipinski definition) is 0. The fourth-order valence-electron chi connectivity index (χ4n) is 4.09. The van der Waals surface area contributed by atoms with Crippen LogP contribution in [0.1, 0.15) is 10.4 Å². The Balaban J connectivity index is 1.32. The Morgan fingerprint density at radius 2 is 1.59 bits per heavy atom. The number of amides is 1. The molecule has 6 nitrogen and oxygen atoms in total. The highest BCUT2D eigenvalue weighted by atomic mass is 35.5. The molecule has 4 aromatic rings. The number of imidazole rings is 1. The molecule has 2 heterocycles. The molecule has 32 heavy (non-hydrogen) atoms. The molecular formula is C25H23ClN4O2. The molecular weight excluding hydrogens is 424 g/mol. The quantitative estimate of drug-likeness (QED) is 0.458. The van der Waals surface area contributed by atoms with Crippen molar-refractivity contribution in [3.05, 3.63) is 83.6 Å². The van der Waals surface area contributed by atoms with Gasteiger partial charge in [0.25, 0.3) is 5.91 Å². The average molecular weight is 447 g/mol. The van der Waals surface area contributed by atoms with Crippen molar-refractivity contribution in [1.29, 1.82) is 0 Å². The zero-order valence-corrected chi connectivity index (χ0v) is 18.5. The highest BCUT2D eigenvalue weighted by molar-refractivity contribution is 6.30. The van der Waals surface area contributed by atoms with Crippen molar-refractivity contribution >= 4 is 34.2 Å². The fourth-order valence-corrected chi connectivity index (χ4v) is 4.22. The number of aromatic nitrogens is 2. The molecule has 1 saturated heterocycles. The largest absolute Gasteiger partial charge is 0.497 e. The summed E-state index contributed by atoms with van der Waals surface area (Å²) in [6, 6.07) is 21.3. The van der Waals surface area contributed by atoms with E-state index in [1.54, 1.807) is 13.4 Å². The van der Waals surface area contributed by atoms with E-state index in [0.29, 0.717) is 23.7 Å². The van der Waals surface area contributed by atoms with Crippen molar-refractivity contribution in [2.24, 2.45) is 0 Å². The van der Waals surface area contributed by atoms with Gasteiger partial charge < -0.3 is 14.5 Å². The summed E-state index contributed by atoms with van der Waals surface area (Å²) in [6.45, 7) is 2.95. The molecule has 1 aliphatic heterocycles. The van der Waals surface area contributed by atoms with Crippen molar-refractivity contribution in [3.63, 3.8) is 0 Å². The predicted molar refractivity (Wildman–Crippen MR) is 127 cm³/mol. The minimum atomic E-state index is 0.0464. The third-order valence-electron chi connectivity index (χ3n) is 5.90. The van der Waals surface area contributed by atoms with Gasteiger partial charge in [0, 0.05) is 48.1 Å². The summed E-state index contributed by atoms with van der Waals surface area (Å²) >= 11 is 6.02. The van der Waals surface area contributed by atoms with Crippen LogP contribution in [0.2, 0.25) is 5.02 Å². The van der Waals surface area contributed by atoms with Crippen LogP contribution >= 0.6 is 11.6 Å². The fraction of sp³-hybridized carbons (Fsp3) is 0.200. The summed E-state index contributed by atoms with van der Waals surface area (Å²) in [5.41, 5.74) is 4.52. The van der Waals surface area contributed by atoms with E-state index < -0.39 is 0 Å². The number of benzene rings is 3. The summed E-state index contributed by atoms with van der Waals surface area (Å²) in [7, 11) is 1.67. The highest BCUT2D eigenvalue weighted by Crippen LogP contribution is 2.24. The van der Waals surface area contributed by atoms with Crippen LogP contribution in [0.5, 0.6) is 5.75 Å². The first-order valence-electron chi connectivity index (χ1n) is 10.5. The van der Waals surface area contributed by atoms with Crippen molar-refractivity contribution < 1.29 is 9.53 Å². The predicted octanol–water partition coefficient (Wildman–Crippen LogP) is 4.65. The Morgan fingerprint density at radius 3 is 2.28 bits per heavy atom. The maximum absolute atomic E-state index is 13.2. The van der Waals surface area contributed by atoms with E-state index in [1.165, 1.54) is 0 Å². The van der Waals surface area contributed by atoms with Crippen molar-refractivity contribution in [2.75, 3.05) is 38.2 Å². The summed E-state index contributed by atoms with van der Waals surface area (Å²) in [5.74, 6) is 0.890. The van der Waals surface area contributed by atoms with Crippen LogP contribution < -0.4 is 9.64 Å². The standard InChI is InChI=1S/C25H23ClN4O2/c1-32-22-9-7-20(8-10-22)28-12-14-29(15-13-28)25(31)18-2-11-23-24(16-18)30(17-27-23)21-5-3-19(26)4-6-21/h2-11,16-17H,12-15H2,1H3. The third-order valence-corrected chi connectivity index (χ3v) is 6.16. The highest BCUT2D eigenvalue weighted by Gasteiger charge is 2.23. The van der Waals surface area contributed by atoms with Gasteiger partial charge in [0.1, 0.15) is 12.1 Å². The number of rotatable bonds is 4. The molecule has 7 heteroatoms. The number of piperazine rings is 1. The van der Waals surface area contributed by atoms with E-state index in [-0.39, 0.29) is 5.91 Å². The lowest BCUT2D eigenvalue weighted by Gasteiger charge is -2.36. The molecule has 0 radical (unpaired) electrons. The SMILES string of the molecule is COc1ccc(N2CCN(C(=O)c3ccc4ncn(-c5ccc(Cl)cc5)c4c3)CC2)cc1. The lowest BCUT2D eigenvalue weighted by molar-refractivity contribution is 0.0747. The van der Waals surface area contributed by atoms with Crippen LogP contribution in [0.25, 0.3) is 16.7 Å². The van der Waals surface area contributed by atoms with E-state index in [0.717, 1.165) is 41.2 Å². The van der Waals surface area contributed by atoms with Crippen molar-refractivity contribution in [1.82, 2.24) is 14.5 Å². The van der Waals surface area contributed by atoms with Crippen LogP contribution in [-0.2, 0) is 0 Å². The minimum absolute atomic E-state index is 0.0464. The molecule has 0 spiro atoms. The Labute approximate surface area is 191 Å². The van der Waals surface area contributed by atoms with Crippen LogP contribution in [0, 0.1) is 0 Å². The second kappa shape index (κ2) is 8.55. The molecule has 0 unspecified atom stereocenters. The van der Waals surface area contributed by atoms with E-state index in [4.69, 9.17) is 16.3 Å². The second-order valence-corrected chi connectivity index (χ2v) is 8.21. The Hall–Kier alpha value is -3.51. The summed E-state index contributed by atoms with van der Waals surface area (Å²) in [4.78, 5) is 21.9. The first-order valence-corrected chi connectivity index (χ1v) is 10.9. The van der Waals surface area contributed by atoms with Gasteiger partial charge in [0.2, 0.25) is 0 Å². The first-order chi connectivity index (χ1) is 15.6. The lowest BCUT2D eigenvalue weighted by atomic mass is 10.1. The number of carbonyl (C=O) groups excluding carboxylic acids is 1. The molecule has 0 bridgehead atoms. The Bertz CT molecular complexity index is 1240. The van der Waals surface area contributed by atoms with Crippen molar-refractivity contribution in [2.45, 2.75) is 0 Å². The van der Waals surface area contributed by atoms with Gasteiger partial charge in [-0.3, -0.25) is 9.36 Å². The molecule has 0 N–H and O–H groups in total. The van der Waals surface area contributed by atoms with Gasteiger partial charge in [-0.1, -0.05) is 11.6 Å². The number of carbonyl (C=O) groups is 1. The van der Waals surface area contributed by atoms with Gasteiger partial charge in [-0.05, 0) is 66.7 Å². The summed E-state index contributed by atoms with van der Waals surface area (Å²) in [6.07, 6.45) is 1.77. The number of hydrogen-bond acceptors (Lipinski definition) is 4. The van der Waals surface area contributed by atoms with Crippen LogP contribution in [0.4, 0.5) is 5.69 Å². The molecule has 1 fully saturated rings. The van der Waals surface area contributed by atoms with E-state index >= 15 is 0 Å². The summed E-state index contributed by atoms with van der Waals surface area (Å²) in [5, 5.41) is 0.683. The lowest BCUT2D eigenvalue weighted by Crippen LogP contribution is -2.48. The number of halogens is 1. The Morgan fingerprint density at radius 1 is 0.906 bits per heavy atom. The maximum atomic E-state index is 13.2. The van der Waals surface area contributed by atoms with Crippen LogP contribution in [0.15, 0.2) is 73.1 Å². The molecule has 0 saturated carbocycles. The number of methoxy groups -OCH3 is 1. The average Bonchev–Trinajstić information content (AvgIpc) is 3.27. The van der Waals surface area contributed by atoms with Gasteiger partial charge in [-0.2, -0.15) is 0 Å². The molecule has 1 aromatic heterocycles. The van der Waals surface area contributed by atoms with E-state index in [9.17, 15) is 4.79 Å². The number of nitrogens with zero attached hydrogens (tertiary/aromatic N) is 4. The topological polar surface area (TPSA) is 50.6 Å².